The van der Waals surface area contributed by atoms with Crippen LogP contribution in [0.5, 0.6) is 11.5 Å². The van der Waals surface area contributed by atoms with Crippen molar-refractivity contribution in [3.05, 3.63) is 46.8 Å². The zero-order valence-corrected chi connectivity index (χ0v) is 16.9. The van der Waals surface area contributed by atoms with E-state index in [4.69, 9.17) is 14.2 Å². The van der Waals surface area contributed by atoms with E-state index < -0.39 is 0 Å². The maximum Gasteiger partial charge on any atom is 0.306 e. The van der Waals surface area contributed by atoms with Gasteiger partial charge in [0, 0.05) is 29.9 Å². The third kappa shape index (κ3) is 4.55. The number of rotatable bonds is 8. The molecule has 0 N–H and O–H groups in total. The molecule has 1 aromatic carbocycles. The lowest BCUT2D eigenvalue weighted by molar-refractivity contribution is -0.142. The standard InChI is InChI=1S/C22H27NO5/c1-14(2)5-8-22(25)26-12-19(24)18-9-15(3)23(16(18)4)11-17-6-7-20-21(10-17)28-13-27-20/h6-7,9-10,14H,5,8,11-13H2,1-4H3. The van der Waals surface area contributed by atoms with Crippen LogP contribution in [-0.4, -0.2) is 29.7 Å². The fourth-order valence-corrected chi connectivity index (χ4v) is 3.25. The van der Waals surface area contributed by atoms with Crippen molar-refractivity contribution in [1.29, 1.82) is 0 Å². The Kier molecular flexibility index (Phi) is 6.07. The van der Waals surface area contributed by atoms with E-state index in [1.807, 2.05) is 52.0 Å². The summed E-state index contributed by atoms with van der Waals surface area (Å²) in [6.07, 6.45) is 1.10. The first-order valence-electron chi connectivity index (χ1n) is 9.59. The van der Waals surface area contributed by atoms with Crippen molar-refractivity contribution in [3.63, 3.8) is 0 Å². The number of hydrogen-bond acceptors (Lipinski definition) is 5. The highest BCUT2D eigenvalue weighted by atomic mass is 16.7. The molecule has 28 heavy (non-hydrogen) atoms. The number of fused-ring (bicyclic) bond motifs is 1. The molecule has 0 saturated heterocycles. The molecule has 0 saturated carbocycles. The monoisotopic (exact) mass is 385 g/mol. The molecule has 0 radical (unpaired) electrons. The second kappa shape index (κ2) is 8.50. The van der Waals surface area contributed by atoms with Crippen LogP contribution in [0.2, 0.25) is 0 Å². The third-order valence-corrected chi connectivity index (χ3v) is 4.94. The summed E-state index contributed by atoms with van der Waals surface area (Å²) >= 11 is 0. The fraction of sp³-hybridized carbons (Fsp3) is 0.455. The molecule has 6 heteroatoms. The number of carbonyl (C=O) groups excluding carboxylic acids is 2. The molecule has 0 aliphatic carbocycles. The van der Waals surface area contributed by atoms with E-state index in [0.717, 1.165) is 34.9 Å². The number of benzene rings is 1. The average Bonchev–Trinajstić information content (AvgIpc) is 3.23. The summed E-state index contributed by atoms with van der Waals surface area (Å²) in [6.45, 7) is 8.62. The van der Waals surface area contributed by atoms with Gasteiger partial charge in [-0.1, -0.05) is 19.9 Å². The minimum Gasteiger partial charge on any atom is -0.457 e. The van der Waals surface area contributed by atoms with Crippen LogP contribution in [0, 0.1) is 19.8 Å². The number of nitrogens with zero attached hydrogens (tertiary/aromatic N) is 1. The van der Waals surface area contributed by atoms with Gasteiger partial charge in [-0.05, 0) is 49.9 Å². The third-order valence-electron chi connectivity index (χ3n) is 4.94. The maximum atomic E-state index is 12.6. The second-order valence-electron chi connectivity index (χ2n) is 7.57. The minimum atomic E-state index is -0.323. The Morgan fingerprint density at radius 2 is 1.89 bits per heavy atom. The normalized spacial score (nSPS) is 12.5. The lowest BCUT2D eigenvalue weighted by atomic mass is 10.1. The summed E-state index contributed by atoms with van der Waals surface area (Å²) in [6, 6.07) is 7.70. The quantitative estimate of drug-likeness (QED) is 0.507. The number of ether oxygens (including phenoxy) is 3. The summed E-state index contributed by atoms with van der Waals surface area (Å²) in [4.78, 5) is 24.3. The van der Waals surface area contributed by atoms with E-state index in [2.05, 4.69) is 4.57 Å². The average molecular weight is 385 g/mol. The summed E-state index contributed by atoms with van der Waals surface area (Å²) in [7, 11) is 0. The first-order chi connectivity index (χ1) is 13.3. The Morgan fingerprint density at radius 1 is 1.14 bits per heavy atom. The lowest BCUT2D eigenvalue weighted by Gasteiger charge is -2.11. The molecule has 150 valence electrons. The van der Waals surface area contributed by atoms with Crippen molar-refractivity contribution < 1.29 is 23.8 Å². The molecule has 0 atom stereocenters. The van der Waals surface area contributed by atoms with Crippen molar-refractivity contribution >= 4 is 11.8 Å². The summed E-state index contributed by atoms with van der Waals surface area (Å²) in [5, 5.41) is 0. The van der Waals surface area contributed by atoms with Gasteiger partial charge in [-0.15, -0.1) is 0 Å². The number of aryl methyl sites for hydroxylation is 1. The smallest absolute Gasteiger partial charge is 0.306 e. The Bertz CT molecular complexity index is 881. The van der Waals surface area contributed by atoms with Gasteiger partial charge in [-0.2, -0.15) is 0 Å². The molecule has 2 aromatic rings. The van der Waals surface area contributed by atoms with Gasteiger partial charge in [0.05, 0.1) is 0 Å². The predicted molar refractivity (Wildman–Crippen MR) is 105 cm³/mol. The molecule has 0 unspecified atom stereocenters. The number of Topliss-reactive ketones (excluding diaryl/α,β-unsaturated/α-hetero) is 1. The Labute approximate surface area is 165 Å². The minimum absolute atomic E-state index is 0.178. The van der Waals surface area contributed by atoms with Gasteiger partial charge in [0.1, 0.15) is 0 Å². The van der Waals surface area contributed by atoms with E-state index in [1.54, 1.807) is 0 Å². The first-order valence-corrected chi connectivity index (χ1v) is 9.59. The zero-order chi connectivity index (χ0) is 20.3. The molecule has 1 aliphatic heterocycles. The molecular formula is C22H27NO5. The van der Waals surface area contributed by atoms with Crippen LogP contribution < -0.4 is 9.47 Å². The number of carbonyl (C=O) groups is 2. The van der Waals surface area contributed by atoms with Crippen LogP contribution in [0.1, 0.15) is 54.0 Å². The van der Waals surface area contributed by atoms with Crippen molar-refractivity contribution in [2.75, 3.05) is 13.4 Å². The van der Waals surface area contributed by atoms with E-state index >= 15 is 0 Å². The molecule has 0 amide bonds. The molecule has 2 heterocycles. The van der Waals surface area contributed by atoms with Gasteiger partial charge >= 0.3 is 5.97 Å². The van der Waals surface area contributed by atoms with Gasteiger partial charge in [0.2, 0.25) is 12.6 Å². The lowest BCUT2D eigenvalue weighted by Crippen LogP contribution is -2.15. The van der Waals surface area contributed by atoms with Gasteiger partial charge in [0.15, 0.2) is 18.1 Å². The van der Waals surface area contributed by atoms with E-state index in [9.17, 15) is 9.59 Å². The molecule has 6 nitrogen and oxygen atoms in total. The van der Waals surface area contributed by atoms with Gasteiger partial charge in [0.25, 0.3) is 0 Å². The van der Waals surface area contributed by atoms with E-state index in [1.165, 1.54) is 0 Å². The Balaban J connectivity index is 1.66. The SMILES string of the molecule is Cc1cc(C(=O)COC(=O)CCC(C)C)c(C)n1Cc1ccc2c(c1)OCO2. The second-order valence-corrected chi connectivity index (χ2v) is 7.57. The first kappa shape index (κ1) is 20.0. The Morgan fingerprint density at radius 3 is 2.64 bits per heavy atom. The molecule has 0 spiro atoms. The number of esters is 1. The molecule has 3 rings (SSSR count). The fourth-order valence-electron chi connectivity index (χ4n) is 3.25. The van der Waals surface area contributed by atoms with Crippen molar-refractivity contribution in [2.24, 2.45) is 5.92 Å². The maximum absolute atomic E-state index is 12.6. The van der Waals surface area contributed by atoms with Crippen LogP contribution in [0.4, 0.5) is 0 Å². The highest BCUT2D eigenvalue weighted by Crippen LogP contribution is 2.33. The number of aromatic nitrogens is 1. The van der Waals surface area contributed by atoms with E-state index in [-0.39, 0.29) is 25.2 Å². The van der Waals surface area contributed by atoms with Crippen molar-refractivity contribution in [2.45, 2.75) is 47.1 Å². The summed E-state index contributed by atoms with van der Waals surface area (Å²) in [5.41, 5.74) is 3.49. The van der Waals surface area contributed by atoms with Gasteiger partial charge < -0.3 is 18.8 Å². The summed E-state index contributed by atoms with van der Waals surface area (Å²) < 4.78 is 18.0. The van der Waals surface area contributed by atoms with Crippen LogP contribution in [-0.2, 0) is 16.1 Å². The number of ketones is 1. The molecule has 0 bridgehead atoms. The predicted octanol–water partition coefficient (Wildman–Crippen LogP) is 4.04. The highest BCUT2D eigenvalue weighted by Gasteiger charge is 2.19. The molecule has 1 aliphatic rings. The molecule has 1 aromatic heterocycles. The topological polar surface area (TPSA) is 66.8 Å². The van der Waals surface area contributed by atoms with Crippen molar-refractivity contribution in [3.8, 4) is 11.5 Å². The zero-order valence-electron chi connectivity index (χ0n) is 16.9. The summed E-state index contributed by atoms with van der Waals surface area (Å²) in [5.74, 6) is 1.42. The molecular weight excluding hydrogens is 358 g/mol. The van der Waals surface area contributed by atoms with Gasteiger partial charge in [-0.25, -0.2) is 0 Å². The van der Waals surface area contributed by atoms with Crippen LogP contribution >= 0.6 is 0 Å². The van der Waals surface area contributed by atoms with E-state index in [0.29, 0.717) is 24.4 Å². The largest absolute Gasteiger partial charge is 0.457 e. The highest BCUT2D eigenvalue weighted by molar-refractivity contribution is 5.99. The molecule has 0 fully saturated rings. The van der Waals surface area contributed by atoms with Gasteiger partial charge in [-0.3, -0.25) is 9.59 Å². The van der Waals surface area contributed by atoms with Crippen LogP contribution in [0.3, 0.4) is 0 Å². The Hall–Kier alpha value is -2.76. The number of hydrogen-bond donors (Lipinski definition) is 0. The van der Waals surface area contributed by atoms with Crippen LogP contribution in [0.15, 0.2) is 24.3 Å². The van der Waals surface area contributed by atoms with Crippen molar-refractivity contribution in [1.82, 2.24) is 4.57 Å². The van der Waals surface area contributed by atoms with Crippen LogP contribution in [0.25, 0.3) is 0 Å².